The molecule has 2 N–H and O–H groups in total. The molecule has 1 aromatic rings. The van der Waals surface area contributed by atoms with E-state index in [-0.39, 0.29) is 11.8 Å². The number of primary amides is 1. The standard InChI is InChI=1S/C9H11ClN4O/c1-5-12-7(10)2-8(13-5)14-3-6(4-14)9(11)15/h2,6H,3-4H2,1H3,(H2,11,15). The minimum atomic E-state index is -0.261. The Labute approximate surface area is 92.3 Å². The van der Waals surface area contributed by atoms with Crippen molar-refractivity contribution in [3.8, 4) is 0 Å². The fourth-order valence-corrected chi connectivity index (χ4v) is 1.74. The van der Waals surface area contributed by atoms with Gasteiger partial charge < -0.3 is 10.6 Å². The summed E-state index contributed by atoms with van der Waals surface area (Å²) in [5, 5.41) is 0.417. The largest absolute Gasteiger partial charge is 0.369 e. The lowest BCUT2D eigenvalue weighted by Crippen LogP contribution is -2.52. The van der Waals surface area contributed by atoms with Crippen LogP contribution >= 0.6 is 11.6 Å². The van der Waals surface area contributed by atoms with E-state index >= 15 is 0 Å². The van der Waals surface area contributed by atoms with Gasteiger partial charge in [0.05, 0.1) is 5.92 Å². The average molecular weight is 227 g/mol. The molecular weight excluding hydrogens is 216 g/mol. The second kappa shape index (κ2) is 3.66. The summed E-state index contributed by atoms with van der Waals surface area (Å²) in [5.41, 5.74) is 5.17. The number of rotatable bonds is 2. The van der Waals surface area contributed by atoms with E-state index in [9.17, 15) is 4.79 Å². The minimum Gasteiger partial charge on any atom is -0.369 e. The molecule has 0 atom stereocenters. The van der Waals surface area contributed by atoms with Gasteiger partial charge in [0.15, 0.2) is 0 Å². The molecule has 0 unspecified atom stereocenters. The zero-order valence-corrected chi connectivity index (χ0v) is 9.03. The number of hydrogen-bond donors (Lipinski definition) is 1. The fraction of sp³-hybridized carbons (Fsp3) is 0.444. The van der Waals surface area contributed by atoms with E-state index < -0.39 is 0 Å². The number of aromatic nitrogens is 2. The van der Waals surface area contributed by atoms with E-state index in [0.29, 0.717) is 24.1 Å². The smallest absolute Gasteiger partial charge is 0.224 e. The van der Waals surface area contributed by atoms with Crippen LogP contribution in [0.1, 0.15) is 5.82 Å². The quantitative estimate of drug-likeness (QED) is 0.740. The predicted octanol–water partition coefficient (Wildman–Crippen LogP) is 0.360. The van der Waals surface area contributed by atoms with Crippen LogP contribution in [0.15, 0.2) is 6.07 Å². The van der Waals surface area contributed by atoms with Crippen LogP contribution in [0, 0.1) is 12.8 Å². The SMILES string of the molecule is Cc1nc(Cl)cc(N2CC(C(N)=O)C2)n1. The lowest BCUT2D eigenvalue weighted by atomic mass is 10.00. The molecule has 1 amide bonds. The van der Waals surface area contributed by atoms with E-state index in [2.05, 4.69) is 9.97 Å². The summed E-state index contributed by atoms with van der Waals surface area (Å²) in [6.45, 7) is 3.00. The lowest BCUT2D eigenvalue weighted by molar-refractivity contribution is -0.122. The molecule has 0 aromatic carbocycles. The molecule has 1 aromatic heterocycles. The maximum absolute atomic E-state index is 10.8. The summed E-state index contributed by atoms with van der Waals surface area (Å²) >= 11 is 5.80. The number of carbonyl (C=O) groups excluding carboxylic acids is 1. The molecule has 1 aliphatic rings. The van der Waals surface area contributed by atoms with E-state index in [1.807, 2.05) is 4.90 Å². The second-order valence-corrected chi connectivity index (χ2v) is 3.99. The number of aryl methyl sites for hydroxylation is 1. The van der Waals surface area contributed by atoms with E-state index in [1.165, 1.54) is 0 Å². The first-order valence-corrected chi connectivity index (χ1v) is 4.99. The summed E-state index contributed by atoms with van der Waals surface area (Å²) in [6, 6.07) is 1.69. The lowest BCUT2D eigenvalue weighted by Gasteiger charge is -2.38. The van der Waals surface area contributed by atoms with E-state index in [4.69, 9.17) is 17.3 Å². The molecule has 80 valence electrons. The third-order valence-corrected chi connectivity index (χ3v) is 2.59. The van der Waals surface area contributed by atoms with Gasteiger partial charge in [-0.2, -0.15) is 0 Å². The summed E-state index contributed by atoms with van der Waals surface area (Å²) in [5.74, 6) is 1.05. The Kier molecular flexibility index (Phi) is 2.48. The van der Waals surface area contributed by atoms with E-state index in [0.717, 1.165) is 5.82 Å². The van der Waals surface area contributed by atoms with Gasteiger partial charge in [-0.1, -0.05) is 11.6 Å². The molecule has 0 radical (unpaired) electrons. The van der Waals surface area contributed by atoms with Gasteiger partial charge in [-0.3, -0.25) is 4.79 Å². The summed E-state index contributed by atoms with van der Waals surface area (Å²) in [4.78, 5) is 21.0. The van der Waals surface area contributed by atoms with Gasteiger partial charge in [0, 0.05) is 19.2 Å². The van der Waals surface area contributed by atoms with Gasteiger partial charge in [-0.05, 0) is 6.92 Å². The highest BCUT2D eigenvalue weighted by molar-refractivity contribution is 6.29. The van der Waals surface area contributed by atoms with Crippen molar-refractivity contribution in [1.82, 2.24) is 9.97 Å². The summed E-state index contributed by atoms with van der Waals surface area (Å²) < 4.78 is 0. The molecule has 1 aliphatic heterocycles. The van der Waals surface area contributed by atoms with Crippen molar-refractivity contribution in [3.63, 3.8) is 0 Å². The first-order valence-electron chi connectivity index (χ1n) is 4.61. The molecule has 15 heavy (non-hydrogen) atoms. The highest BCUT2D eigenvalue weighted by Crippen LogP contribution is 2.24. The molecule has 0 spiro atoms. The number of carbonyl (C=O) groups is 1. The van der Waals surface area contributed by atoms with Crippen molar-refractivity contribution in [3.05, 3.63) is 17.0 Å². The molecule has 0 bridgehead atoms. The first kappa shape index (κ1) is 10.2. The third kappa shape index (κ3) is 2.02. The molecule has 2 heterocycles. The van der Waals surface area contributed by atoms with Crippen LogP contribution in [0.5, 0.6) is 0 Å². The molecule has 1 fully saturated rings. The predicted molar refractivity (Wildman–Crippen MR) is 56.7 cm³/mol. The normalized spacial score (nSPS) is 16.3. The monoisotopic (exact) mass is 226 g/mol. The van der Waals surface area contributed by atoms with Crippen LogP contribution in [-0.2, 0) is 4.79 Å². The Hall–Kier alpha value is -1.36. The molecule has 5 nitrogen and oxygen atoms in total. The Morgan fingerprint density at radius 3 is 2.80 bits per heavy atom. The van der Waals surface area contributed by atoms with Crippen molar-refractivity contribution >= 4 is 23.3 Å². The van der Waals surface area contributed by atoms with Gasteiger partial charge in [0.2, 0.25) is 5.91 Å². The Bertz CT molecular complexity index is 383. The summed E-state index contributed by atoms with van der Waals surface area (Å²) in [6.07, 6.45) is 0. The maximum atomic E-state index is 10.8. The average Bonchev–Trinajstić information content (AvgIpc) is 1.97. The van der Waals surface area contributed by atoms with Crippen molar-refractivity contribution in [2.24, 2.45) is 11.7 Å². The van der Waals surface area contributed by atoms with Crippen LogP contribution in [0.3, 0.4) is 0 Å². The number of hydrogen-bond acceptors (Lipinski definition) is 4. The maximum Gasteiger partial charge on any atom is 0.224 e. The molecular formula is C9H11ClN4O. The topological polar surface area (TPSA) is 72.1 Å². The zero-order valence-electron chi connectivity index (χ0n) is 8.27. The third-order valence-electron chi connectivity index (χ3n) is 2.40. The van der Waals surface area contributed by atoms with Gasteiger partial charge >= 0.3 is 0 Å². The Morgan fingerprint density at radius 1 is 1.60 bits per heavy atom. The van der Waals surface area contributed by atoms with Crippen LogP contribution in [0.2, 0.25) is 5.15 Å². The van der Waals surface area contributed by atoms with Crippen molar-refractivity contribution < 1.29 is 4.79 Å². The van der Waals surface area contributed by atoms with Gasteiger partial charge in [0.1, 0.15) is 16.8 Å². The molecule has 1 saturated heterocycles. The van der Waals surface area contributed by atoms with Crippen LogP contribution in [0.4, 0.5) is 5.82 Å². The number of nitrogens with two attached hydrogens (primary N) is 1. The highest BCUT2D eigenvalue weighted by Gasteiger charge is 2.32. The van der Waals surface area contributed by atoms with Gasteiger partial charge in [-0.25, -0.2) is 9.97 Å². The van der Waals surface area contributed by atoms with Gasteiger partial charge in [0.25, 0.3) is 0 Å². The zero-order chi connectivity index (χ0) is 11.0. The van der Waals surface area contributed by atoms with Crippen molar-refractivity contribution in [1.29, 1.82) is 0 Å². The van der Waals surface area contributed by atoms with Crippen LogP contribution in [0.25, 0.3) is 0 Å². The molecule has 2 rings (SSSR count). The molecule has 0 aliphatic carbocycles. The molecule has 0 saturated carbocycles. The van der Waals surface area contributed by atoms with Gasteiger partial charge in [-0.15, -0.1) is 0 Å². The number of amides is 1. The van der Waals surface area contributed by atoms with Crippen LogP contribution in [-0.4, -0.2) is 29.0 Å². The Balaban J connectivity index is 2.10. The molecule has 6 heteroatoms. The summed E-state index contributed by atoms with van der Waals surface area (Å²) in [7, 11) is 0. The Morgan fingerprint density at radius 2 is 2.27 bits per heavy atom. The van der Waals surface area contributed by atoms with Crippen LogP contribution < -0.4 is 10.6 Å². The second-order valence-electron chi connectivity index (χ2n) is 3.60. The number of nitrogens with zero attached hydrogens (tertiary/aromatic N) is 3. The van der Waals surface area contributed by atoms with Crippen molar-refractivity contribution in [2.75, 3.05) is 18.0 Å². The minimum absolute atomic E-state index is 0.0703. The van der Waals surface area contributed by atoms with E-state index in [1.54, 1.807) is 13.0 Å². The van der Waals surface area contributed by atoms with Crippen molar-refractivity contribution in [2.45, 2.75) is 6.92 Å². The number of anilines is 1. The highest BCUT2D eigenvalue weighted by atomic mass is 35.5. The fourth-order valence-electron chi connectivity index (χ4n) is 1.52. The first-order chi connectivity index (χ1) is 7.06. The number of halogens is 1.